The number of imide groups is 1. The van der Waals surface area contributed by atoms with Crippen LogP contribution in [0.5, 0.6) is 0 Å². The minimum atomic E-state index is -1.04. The molecule has 148 valence electrons. The van der Waals surface area contributed by atoms with Crippen molar-refractivity contribution in [1.82, 2.24) is 4.90 Å². The third kappa shape index (κ3) is 4.25. The van der Waals surface area contributed by atoms with Crippen molar-refractivity contribution in [2.45, 2.75) is 32.3 Å². The zero-order chi connectivity index (χ0) is 20.3. The molecule has 2 aliphatic rings. The molecule has 0 aromatic heterocycles. The third-order valence-electron chi connectivity index (χ3n) is 4.95. The van der Waals surface area contributed by atoms with Crippen LogP contribution in [0.25, 0.3) is 0 Å². The zero-order valence-electron chi connectivity index (χ0n) is 15.4. The van der Waals surface area contributed by atoms with Gasteiger partial charge in [0.1, 0.15) is 0 Å². The Kier molecular flexibility index (Phi) is 6.14. The molecule has 3 atom stereocenters. The highest BCUT2D eigenvalue weighted by molar-refractivity contribution is 6.33. The van der Waals surface area contributed by atoms with Gasteiger partial charge in [-0.15, -0.1) is 0 Å². The van der Waals surface area contributed by atoms with E-state index in [9.17, 15) is 19.2 Å². The van der Waals surface area contributed by atoms with Crippen molar-refractivity contribution in [2.24, 2.45) is 11.8 Å². The summed E-state index contributed by atoms with van der Waals surface area (Å²) < 4.78 is 5.12. The van der Waals surface area contributed by atoms with Crippen molar-refractivity contribution >= 4 is 41.0 Å². The highest BCUT2D eigenvalue weighted by Gasteiger charge is 2.47. The van der Waals surface area contributed by atoms with Gasteiger partial charge in [0.25, 0.3) is 5.91 Å². The number of nitrogens with zero attached hydrogens (tertiary/aromatic N) is 1. The highest BCUT2D eigenvalue weighted by atomic mass is 35.5. The standard InChI is InChI=1S/C20H21ClN2O5/c1-12(18(25)22-16-9-5-4-8-15(16)21)28-17(24)10-11-23-19(26)13-6-2-3-7-14(13)20(23)27/h2-5,8-9,12-14H,6-7,10-11H2,1H3,(H,22,25)/t12-,13-,14-/m0/s1. The van der Waals surface area contributed by atoms with Gasteiger partial charge in [0, 0.05) is 6.54 Å². The van der Waals surface area contributed by atoms with Crippen LogP contribution in [0.4, 0.5) is 5.69 Å². The number of likely N-dealkylation sites (tertiary alicyclic amines) is 1. The molecule has 1 N–H and O–H groups in total. The van der Waals surface area contributed by atoms with E-state index < -0.39 is 18.0 Å². The summed E-state index contributed by atoms with van der Waals surface area (Å²) in [5, 5.41) is 2.96. The SMILES string of the molecule is C[C@H](OC(=O)CCN1C(=O)[C@H]2CC=CC[C@@H]2C1=O)C(=O)Nc1ccccc1Cl. The average Bonchev–Trinajstić information content (AvgIpc) is 2.92. The Morgan fingerprint density at radius 1 is 1.18 bits per heavy atom. The van der Waals surface area contributed by atoms with E-state index >= 15 is 0 Å². The van der Waals surface area contributed by atoms with Crippen molar-refractivity contribution in [3.05, 3.63) is 41.4 Å². The van der Waals surface area contributed by atoms with Crippen LogP contribution >= 0.6 is 11.6 Å². The van der Waals surface area contributed by atoms with Gasteiger partial charge in [-0.2, -0.15) is 0 Å². The number of fused-ring (bicyclic) bond motifs is 1. The number of ether oxygens (including phenoxy) is 1. The smallest absolute Gasteiger partial charge is 0.308 e. The van der Waals surface area contributed by atoms with Gasteiger partial charge in [0.2, 0.25) is 11.8 Å². The fraction of sp³-hybridized carbons (Fsp3) is 0.400. The molecule has 0 unspecified atom stereocenters. The van der Waals surface area contributed by atoms with Crippen molar-refractivity contribution < 1.29 is 23.9 Å². The quantitative estimate of drug-likeness (QED) is 0.447. The van der Waals surface area contributed by atoms with Gasteiger partial charge in [-0.05, 0) is 31.9 Å². The fourth-order valence-corrected chi connectivity index (χ4v) is 3.58. The van der Waals surface area contributed by atoms with Gasteiger partial charge in [0.05, 0.1) is 29.0 Å². The summed E-state index contributed by atoms with van der Waals surface area (Å²) in [6.45, 7) is 1.40. The second kappa shape index (κ2) is 8.56. The number of esters is 1. The molecule has 8 heteroatoms. The number of nitrogens with one attached hydrogen (secondary N) is 1. The van der Waals surface area contributed by atoms with Gasteiger partial charge >= 0.3 is 5.97 Å². The highest BCUT2D eigenvalue weighted by Crippen LogP contribution is 2.35. The Bertz CT molecular complexity index is 812. The fourth-order valence-electron chi connectivity index (χ4n) is 3.40. The van der Waals surface area contributed by atoms with Crippen molar-refractivity contribution in [1.29, 1.82) is 0 Å². The molecule has 7 nitrogen and oxygen atoms in total. The maximum atomic E-state index is 12.4. The summed E-state index contributed by atoms with van der Waals surface area (Å²) >= 11 is 5.98. The number of carbonyl (C=O) groups is 4. The predicted octanol–water partition coefficient (Wildman–Crippen LogP) is 2.55. The molecule has 28 heavy (non-hydrogen) atoms. The second-order valence-corrected chi connectivity index (χ2v) is 7.24. The molecule has 1 aromatic rings. The molecule has 1 aliphatic heterocycles. The van der Waals surface area contributed by atoms with E-state index in [1.807, 2.05) is 12.2 Å². The monoisotopic (exact) mass is 404 g/mol. The van der Waals surface area contributed by atoms with E-state index in [2.05, 4.69) is 5.32 Å². The third-order valence-corrected chi connectivity index (χ3v) is 5.28. The molecular formula is C20H21ClN2O5. The van der Waals surface area contributed by atoms with Crippen molar-refractivity contribution in [2.75, 3.05) is 11.9 Å². The van der Waals surface area contributed by atoms with Crippen LogP contribution in [0.3, 0.4) is 0 Å². The number of rotatable bonds is 6. The number of hydrogen-bond donors (Lipinski definition) is 1. The first-order chi connectivity index (χ1) is 13.4. The van der Waals surface area contributed by atoms with Crippen LogP contribution in [0.15, 0.2) is 36.4 Å². The van der Waals surface area contributed by atoms with Gasteiger partial charge < -0.3 is 10.1 Å². The lowest BCUT2D eigenvalue weighted by Crippen LogP contribution is -2.35. The van der Waals surface area contributed by atoms with E-state index in [0.717, 1.165) is 4.90 Å². The topological polar surface area (TPSA) is 92.8 Å². The molecule has 0 saturated carbocycles. The molecule has 3 amide bonds. The molecule has 1 saturated heterocycles. The normalized spacial score (nSPS) is 22.0. The molecule has 3 rings (SSSR count). The first-order valence-electron chi connectivity index (χ1n) is 9.13. The minimum absolute atomic E-state index is 0.0393. The molecule has 1 aliphatic carbocycles. The summed E-state index contributed by atoms with van der Waals surface area (Å²) in [4.78, 5) is 50.1. The second-order valence-electron chi connectivity index (χ2n) is 6.84. The predicted molar refractivity (Wildman–Crippen MR) is 102 cm³/mol. The number of anilines is 1. The summed E-state index contributed by atoms with van der Waals surface area (Å²) in [5.74, 6) is -2.31. The Balaban J connectivity index is 1.49. The zero-order valence-corrected chi connectivity index (χ0v) is 16.1. The molecule has 1 heterocycles. The summed E-state index contributed by atoms with van der Waals surface area (Å²) in [6.07, 6.45) is 3.71. The van der Waals surface area contributed by atoms with Crippen molar-refractivity contribution in [3.63, 3.8) is 0 Å². The number of carbonyl (C=O) groups excluding carboxylic acids is 4. The lowest BCUT2D eigenvalue weighted by Gasteiger charge is -2.16. The van der Waals surface area contributed by atoms with E-state index in [-0.39, 0.29) is 36.6 Å². The average molecular weight is 405 g/mol. The minimum Gasteiger partial charge on any atom is -0.452 e. The van der Waals surface area contributed by atoms with Crippen LogP contribution < -0.4 is 5.32 Å². The molecular weight excluding hydrogens is 384 g/mol. The number of halogens is 1. The molecule has 1 fully saturated rings. The number of hydrogen-bond acceptors (Lipinski definition) is 5. The molecule has 1 aromatic carbocycles. The first kappa shape index (κ1) is 20.1. The van der Waals surface area contributed by atoms with E-state index in [4.69, 9.17) is 16.3 Å². The largest absolute Gasteiger partial charge is 0.452 e. The van der Waals surface area contributed by atoms with E-state index in [0.29, 0.717) is 23.6 Å². The number of allylic oxidation sites excluding steroid dienone is 2. The Labute approximate surface area is 167 Å². The van der Waals surface area contributed by atoms with Crippen LogP contribution in [0.1, 0.15) is 26.2 Å². The van der Waals surface area contributed by atoms with Crippen LogP contribution in [-0.2, 0) is 23.9 Å². The van der Waals surface area contributed by atoms with Crippen molar-refractivity contribution in [3.8, 4) is 0 Å². The Hall–Kier alpha value is -2.67. The Morgan fingerprint density at radius 2 is 1.79 bits per heavy atom. The maximum Gasteiger partial charge on any atom is 0.308 e. The number of benzene rings is 1. The lowest BCUT2D eigenvalue weighted by molar-refractivity contribution is -0.154. The Morgan fingerprint density at radius 3 is 2.39 bits per heavy atom. The van der Waals surface area contributed by atoms with Gasteiger partial charge in [-0.3, -0.25) is 24.1 Å². The van der Waals surface area contributed by atoms with Gasteiger partial charge in [-0.25, -0.2) is 0 Å². The molecule has 0 bridgehead atoms. The number of amides is 3. The van der Waals surface area contributed by atoms with Gasteiger partial charge in [0.15, 0.2) is 6.10 Å². The first-order valence-corrected chi connectivity index (χ1v) is 9.51. The van der Waals surface area contributed by atoms with E-state index in [1.54, 1.807) is 24.3 Å². The van der Waals surface area contributed by atoms with Gasteiger partial charge in [-0.1, -0.05) is 35.9 Å². The van der Waals surface area contributed by atoms with Crippen LogP contribution in [0.2, 0.25) is 5.02 Å². The maximum absolute atomic E-state index is 12.4. The van der Waals surface area contributed by atoms with Crippen LogP contribution in [-0.4, -0.2) is 41.2 Å². The molecule has 0 radical (unpaired) electrons. The number of para-hydroxylation sites is 1. The summed E-state index contributed by atoms with van der Waals surface area (Å²) in [7, 11) is 0. The molecule has 0 spiro atoms. The summed E-state index contributed by atoms with van der Waals surface area (Å²) in [6, 6.07) is 6.71. The van der Waals surface area contributed by atoms with E-state index in [1.165, 1.54) is 6.92 Å². The summed E-state index contributed by atoms with van der Waals surface area (Å²) in [5.41, 5.74) is 0.418. The lowest BCUT2D eigenvalue weighted by atomic mass is 9.85. The van der Waals surface area contributed by atoms with Crippen LogP contribution in [0, 0.1) is 11.8 Å².